The molecule has 1 heterocycles. The summed E-state index contributed by atoms with van der Waals surface area (Å²) in [4.78, 5) is 3.57. The SMILES string of the molecule is N#CC(c1ccc(C(F)(F)F)c(Cl)n1)c1ccc(Cl)cc1F. The van der Waals surface area contributed by atoms with E-state index in [1.54, 1.807) is 6.07 Å². The predicted molar refractivity (Wildman–Crippen MR) is 73.1 cm³/mol. The second-order valence-corrected chi connectivity index (χ2v) is 5.09. The number of pyridine rings is 1. The van der Waals surface area contributed by atoms with Crippen LogP contribution in [0.25, 0.3) is 0 Å². The maximum absolute atomic E-state index is 13.9. The monoisotopic (exact) mass is 348 g/mol. The van der Waals surface area contributed by atoms with Gasteiger partial charge in [-0.25, -0.2) is 9.37 Å². The Morgan fingerprint density at radius 2 is 1.82 bits per heavy atom. The van der Waals surface area contributed by atoms with E-state index in [0.717, 1.165) is 12.1 Å². The number of aromatic nitrogens is 1. The molecule has 1 aromatic carbocycles. The minimum absolute atomic E-state index is 0.0461. The third kappa shape index (κ3) is 3.32. The van der Waals surface area contributed by atoms with Crippen molar-refractivity contribution in [1.82, 2.24) is 4.98 Å². The van der Waals surface area contributed by atoms with Gasteiger partial charge in [-0.15, -0.1) is 0 Å². The van der Waals surface area contributed by atoms with Crippen LogP contribution in [0.4, 0.5) is 17.6 Å². The van der Waals surface area contributed by atoms with Gasteiger partial charge in [0.05, 0.1) is 17.3 Å². The molecule has 0 aliphatic rings. The van der Waals surface area contributed by atoms with Gasteiger partial charge in [-0.2, -0.15) is 18.4 Å². The molecule has 8 heteroatoms. The molecule has 0 aliphatic heterocycles. The number of alkyl halides is 3. The van der Waals surface area contributed by atoms with Gasteiger partial charge in [0.1, 0.15) is 16.9 Å². The third-order valence-electron chi connectivity index (χ3n) is 2.87. The summed E-state index contributed by atoms with van der Waals surface area (Å²) in [6.45, 7) is 0. The van der Waals surface area contributed by atoms with Gasteiger partial charge in [0.2, 0.25) is 0 Å². The van der Waals surface area contributed by atoms with Gasteiger partial charge >= 0.3 is 6.18 Å². The first-order chi connectivity index (χ1) is 10.2. The number of nitriles is 1. The van der Waals surface area contributed by atoms with E-state index < -0.39 is 28.6 Å². The molecule has 114 valence electrons. The van der Waals surface area contributed by atoms with Gasteiger partial charge in [0.15, 0.2) is 0 Å². The first kappa shape index (κ1) is 16.5. The van der Waals surface area contributed by atoms with Crippen LogP contribution in [0.3, 0.4) is 0 Å². The smallest absolute Gasteiger partial charge is 0.239 e. The van der Waals surface area contributed by atoms with Gasteiger partial charge in [-0.1, -0.05) is 29.3 Å². The number of rotatable bonds is 2. The van der Waals surface area contributed by atoms with Gasteiger partial charge in [-0.05, 0) is 24.3 Å². The maximum Gasteiger partial charge on any atom is 0.419 e. The van der Waals surface area contributed by atoms with Crippen LogP contribution in [-0.4, -0.2) is 4.98 Å². The van der Waals surface area contributed by atoms with E-state index in [9.17, 15) is 22.8 Å². The van der Waals surface area contributed by atoms with E-state index in [0.29, 0.717) is 6.07 Å². The van der Waals surface area contributed by atoms with Crippen LogP contribution >= 0.6 is 23.2 Å². The van der Waals surface area contributed by atoms with E-state index in [1.807, 2.05) is 0 Å². The maximum atomic E-state index is 13.9. The van der Waals surface area contributed by atoms with Crippen molar-refractivity contribution in [3.63, 3.8) is 0 Å². The van der Waals surface area contributed by atoms with Crippen molar-refractivity contribution < 1.29 is 17.6 Å². The van der Waals surface area contributed by atoms with Crippen molar-refractivity contribution in [2.75, 3.05) is 0 Å². The molecule has 0 saturated heterocycles. The normalized spacial score (nSPS) is 12.8. The topological polar surface area (TPSA) is 36.7 Å². The lowest BCUT2D eigenvalue weighted by Crippen LogP contribution is -2.10. The molecule has 2 nitrogen and oxygen atoms in total. The summed E-state index contributed by atoms with van der Waals surface area (Å²) in [5, 5.41) is 8.54. The molecule has 0 aliphatic carbocycles. The van der Waals surface area contributed by atoms with Crippen molar-refractivity contribution in [3.8, 4) is 6.07 Å². The molecular formula is C14H6Cl2F4N2. The van der Waals surface area contributed by atoms with Gasteiger partial charge in [-0.3, -0.25) is 0 Å². The molecule has 1 aromatic heterocycles. The Balaban J connectivity index is 2.49. The number of halogens is 6. The molecule has 1 unspecified atom stereocenters. The molecule has 0 amide bonds. The molecule has 22 heavy (non-hydrogen) atoms. The first-order valence-electron chi connectivity index (χ1n) is 5.82. The van der Waals surface area contributed by atoms with Crippen LogP contribution < -0.4 is 0 Å². The highest BCUT2D eigenvalue weighted by Crippen LogP contribution is 2.35. The molecule has 0 spiro atoms. The lowest BCUT2D eigenvalue weighted by Gasteiger charge is -2.13. The molecule has 2 aromatic rings. The van der Waals surface area contributed by atoms with Gasteiger partial charge in [0.25, 0.3) is 0 Å². The summed E-state index contributed by atoms with van der Waals surface area (Å²) in [5.74, 6) is -1.95. The Hall–Kier alpha value is -1.84. The van der Waals surface area contributed by atoms with Gasteiger partial charge in [0, 0.05) is 10.6 Å². The summed E-state index contributed by atoms with van der Waals surface area (Å²) in [5.41, 5.74) is -1.25. The fourth-order valence-electron chi connectivity index (χ4n) is 1.85. The Labute approximate surface area is 132 Å². The van der Waals surface area contributed by atoms with E-state index in [-0.39, 0.29) is 16.3 Å². The average Bonchev–Trinajstić information content (AvgIpc) is 2.40. The highest BCUT2D eigenvalue weighted by atomic mass is 35.5. The Morgan fingerprint density at radius 1 is 1.14 bits per heavy atom. The van der Waals surface area contributed by atoms with Crippen molar-refractivity contribution in [1.29, 1.82) is 5.26 Å². The lowest BCUT2D eigenvalue weighted by atomic mass is 9.96. The summed E-state index contributed by atoms with van der Waals surface area (Å²) < 4.78 is 51.8. The van der Waals surface area contributed by atoms with Crippen LogP contribution in [0.5, 0.6) is 0 Å². The van der Waals surface area contributed by atoms with Crippen LogP contribution in [0.2, 0.25) is 10.2 Å². The molecular weight excluding hydrogens is 343 g/mol. The Kier molecular flexibility index (Phi) is 4.59. The predicted octanol–water partition coefficient (Wildman–Crippen LogP) is 5.20. The molecule has 1 atom stereocenters. The van der Waals surface area contributed by atoms with Gasteiger partial charge < -0.3 is 0 Å². The number of hydrogen-bond donors (Lipinski definition) is 0. The first-order valence-corrected chi connectivity index (χ1v) is 6.58. The zero-order chi connectivity index (χ0) is 16.5. The molecule has 2 rings (SSSR count). The third-order valence-corrected chi connectivity index (χ3v) is 3.40. The van der Waals surface area contributed by atoms with Crippen molar-refractivity contribution in [3.05, 3.63) is 63.1 Å². The fourth-order valence-corrected chi connectivity index (χ4v) is 2.28. The summed E-state index contributed by atoms with van der Waals surface area (Å²) >= 11 is 11.1. The zero-order valence-corrected chi connectivity index (χ0v) is 12.1. The summed E-state index contributed by atoms with van der Waals surface area (Å²) in [6.07, 6.45) is -4.66. The van der Waals surface area contributed by atoms with Crippen LogP contribution in [0.15, 0.2) is 30.3 Å². The second kappa shape index (κ2) is 6.11. The minimum Gasteiger partial charge on any atom is -0.239 e. The standard InChI is InChI=1S/C14H6Cl2F4N2/c15-7-1-2-8(11(17)5-7)9(6-21)12-4-3-10(13(16)22-12)14(18,19)20/h1-5,9H. The quantitative estimate of drug-likeness (QED) is 0.552. The van der Waals surface area contributed by atoms with Crippen LogP contribution in [-0.2, 0) is 6.18 Å². The lowest BCUT2D eigenvalue weighted by molar-refractivity contribution is -0.137. The van der Waals surface area contributed by atoms with E-state index in [1.165, 1.54) is 12.1 Å². The molecule has 0 fully saturated rings. The average molecular weight is 349 g/mol. The summed E-state index contributed by atoms with van der Waals surface area (Å²) in [7, 11) is 0. The van der Waals surface area contributed by atoms with E-state index in [4.69, 9.17) is 23.2 Å². The zero-order valence-electron chi connectivity index (χ0n) is 10.6. The second-order valence-electron chi connectivity index (χ2n) is 4.30. The Morgan fingerprint density at radius 3 is 2.32 bits per heavy atom. The number of nitrogens with zero attached hydrogens (tertiary/aromatic N) is 2. The molecule has 0 N–H and O–H groups in total. The highest BCUT2D eigenvalue weighted by molar-refractivity contribution is 6.30. The molecule has 0 bridgehead atoms. The molecule has 0 radical (unpaired) electrons. The van der Waals surface area contributed by atoms with E-state index in [2.05, 4.69) is 4.98 Å². The minimum atomic E-state index is -4.66. The van der Waals surface area contributed by atoms with Crippen LogP contribution in [0.1, 0.15) is 22.7 Å². The molecule has 0 saturated carbocycles. The Bertz CT molecular complexity index is 753. The largest absolute Gasteiger partial charge is 0.419 e. The van der Waals surface area contributed by atoms with Crippen LogP contribution in [0, 0.1) is 17.1 Å². The van der Waals surface area contributed by atoms with Crippen molar-refractivity contribution >= 4 is 23.2 Å². The highest BCUT2D eigenvalue weighted by Gasteiger charge is 2.34. The number of benzene rings is 1. The number of hydrogen-bond acceptors (Lipinski definition) is 2. The van der Waals surface area contributed by atoms with Crippen molar-refractivity contribution in [2.45, 2.75) is 12.1 Å². The van der Waals surface area contributed by atoms with Crippen molar-refractivity contribution in [2.24, 2.45) is 0 Å². The fraction of sp³-hybridized carbons (Fsp3) is 0.143. The summed E-state index contributed by atoms with van der Waals surface area (Å²) in [6, 6.07) is 7.16. The van der Waals surface area contributed by atoms with E-state index >= 15 is 0 Å².